The molecule has 0 radical (unpaired) electrons. The summed E-state index contributed by atoms with van der Waals surface area (Å²) in [7, 11) is 0. The number of hydrogen-bond donors (Lipinski definition) is 0. The normalized spacial score (nSPS) is 22.4. The minimum absolute atomic E-state index is 1.03. The molecule has 0 bridgehead atoms. The maximum atomic E-state index is 2.29. The monoisotopic (exact) mass is 248 g/mol. The van der Waals surface area contributed by atoms with Gasteiger partial charge in [-0.1, -0.05) is 0 Å². The van der Waals surface area contributed by atoms with E-state index in [1.54, 1.807) is 24.6 Å². The third-order valence-electron chi connectivity index (χ3n) is 2.90. The van der Waals surface area contributed by atoms with Crippen LogP contribution in [0.15, 0.2) is 0 Å². The Balaban J connectivity index is 1.78. The molecule has 1 atom stereocenters. The second-order valence-electron chi connectivity index (χ2n) is 4.19. The first-order valence-corrected chi connectivity index (χ1v) is 8.25. The molecule has 1 aliphatic heterocycles. The van der Waals surface area contributed by atoms with Crippen molar-refractivity contribution in [2.24, 2.45) is 0 Å². The van der Waals surface area contributed by atoms with Gasteiger partial charge in [0.1, 0.15) is 0 Å². The predicted octanol–water partition coefficient (Wildman–Crippen LogP) is 4.44. The molecule has 0 amide bonds. The summed E-state index contributed by atoms with van der Waals surface area (Å²) < 4.78 is 0. The van der Waals surface area contributed by atoms with Gasteiger partial charge in [0.05, 0.1) is 0 Å². The summed E-state index contributed by atoms with van der Waals surface area (Å²) in [5, 5.41) is 1.58. The number of unbranched alkanes of at least 4 members (excludes halogenated alkanes) is 5. The third kappa shape index (κ3) is 5.75. The van der Waals surface area contributed by atoms with Crippen molar-refractivity contribution < 1.29 is 0 Å². The Kier molecular flexibility index (Phi) is 7.03. The molecular formula is C12H24Se. The summed E-state index contributed by atoms with van der Waals surface area (Å²) in [4.78, 5) is 1.18. The van der Waals surface area contributed by atoms with Crippen molar-refractivity contribution in [3.8, 4) is 0 Å². The van der Waals surface area contributed by atoms with Crippen molar-refractivity contribution in [2.45, 2.75) is 74.8 Å². The van der Waals surface area contributed by atoms with Crippen LogP contribution in [0.5, 0.6) is 0 Å². The molecule has 0 saturated carbocycles. The zero-order chi connectivity index (χ0) is 9.36. The maximum absolute atomic E-state index is 2.29. The van der Waals surface area contributed by atoms with Gasteiger partial charge in [0.15, 0.2) is 0 Å². The van der Waals surface area contributed by atoms with Crippen LogP contribution in [0.25, 0.3) is 0 Å². The molecule has 0 aromatic carbocycles. The van der Waals surface area contributed by atoms with Crippen LogP contribution in [-0.4, -0.2) is 15.0 Å². The molecule has 1 unspecified atom stereocenters. The van der Waals surface area contributed by atoms with Gasteiger partial charge in [-0.15, -0.1) is 0 Å². The van der Waals surface area contributed by atoms with Gasteiger partial charge in [0, 0.05) is 0 Å². The van der Waals surface area contributed by atoms with E-state index in [-0.39, 0.29) is 0 Å². The fraction of sp³-hybridized carbons (Fsp3) is 1.00. The van der Waals surface area contributed by atoms with E-state index in [4.69, 9.17) is 0 Å². The zero-order valence-corrected chi connectivity index (χ0v) is 10.8. The van der Waals surface area contributed by atoms with Gasteiger partial charge in [0.25, 0.3) is 0 Å². The molecule has 1 fully saturated rings. The van der Waals surface area contributed by atoms with Crippen LogP contribution < -0.4 is 0 Å². The summed E-state index contributed by atoms with van der Waals surface area (Å²) in [5.74, 6) is 0. The predicted molar refractivity (Wildman–Crippen MR) is 61.5 cm³/mol. The van der Waals surface area contributed by atoms with E-state index in [0.717, 1.165) is 15.0 Å². The van der Waals surface area contributed by atoms with Crippen LogP contribution in [-0.2, 0) is 0 Å². The van der Waals surface area contributed by atoms with E-state index in [1.807, 2.05) is 0 Å². The topological polar surface area (TPSA) is 0 Å². The summed E-state index contributed by atoms with van der Waals surface area (Å²) in [5.41, 5.74) is 0. The summed E-state index contributed by atoms with van der Waals surface area (Å²) in [6, 6.07) is 0. The molecular weight excluding hydrogens is 223 g/mol. The quantitative estimate of drug-likeness (QED) is 0.461. The van der Waals surface area contributed by atoms with Crippen molar-refractivity contribution >= 4 is 15.0 Å². The SMILES string of the molecule is CCCCCCCCC1CCC[Se]1. The summed E-state index contributed by atoms with van der Waals surface area (Å²) in [6.07, 6.45) is 13.5. The minimum atomic E-state index is 1.03. The molecule has 0 N–H and O–H groups in total. The average molecular weight is 247 g/mol. The van der Waals surface area contributed by atoms with Crippen LogP contribution in [0.3, 0.4) is 0 Å². The van der Waals surface area contributed by atoms with Gasteiger partial charge in [0.2, 0.25) is 0 Å². The van der Waals surface area contributed by atoms with Crippen molar-refractivity contribution in [1.82, 2.24) is 0 Å². The molecule has 1 heteroatoms. The van der Waals surface area contributed by atoms with E-state index < -0.39 is 0 Å². The van der Waals surface area contributed by atoms with Gasteiger partial charge < -0.3 is 0 Å². The Morgan fingerprint density at radius 3 is 2.54 bits per heavy atom. The van der Waals surface area contributed by atoms with E-state index >= 15 is 0 Å². The first kappa shape index (κ1) is 11.6. The first-order valence-electron chi connectivity index (χ1n) is 6.05. The Morgan fingerprint density at radius 2 is 1.85 bits per heavy atom. The van der Waals surface area contributed by atoms with Crippen molar-refractivity contribution in [2.75, 3.05) is 0 Å². The molecule has 13 heavy (non-hydrogen) atoms. The number of hydrogen-bond acceptors (Lipinski definition) is 0. The van der Waals surface area contributed by atoms with E-state index in [0.29, 0.717) is 0 Å². The number of rotatable bonds is 7. The Labute approximate surface area is 90.0 Å². The molecule has 0 aliphatic carbocycles. The van der Waals surface area contributed by atoms with E-state index in [1.165, 1.54) is 43.3 Å². The van der Waals surface area contributed by atoms with Crippen LogP contribution in [0.1, 0.15) is 64.7 Å². The Hall–Kier alpha value is 0.519. The van der Waals surface area contributed by atoms with Gasteiger partial charge in [-0.3, -0.25) is 0 Å². The van der Waals surface area contributed by atoms with Gasteiger partial charge in [-0.2, -0.15) is 0 Å². The molecule has 0 aromatic heterocycles. The van der Waals surface area contributed by atoms with Crippen molar-refractivity contribution in [3.63, 3.8) is 0 Å². The average Bonchev–Trinajstić information content (AvgIpc) is 2.63. The standard InChI is InChI=1S/C12H24Se/c1-2-3-4-5-6-7-9-12-10-8-11-13-12/h12H,2-11H2,1H3. The van der Waals surface area contributed by atoms with Gasteiger partial charge in [-0.05, 0) is 0 Å². The second-order valence-corrected chi connectivity index (χ2v) is 7.15. The molecule has 78 valence electrons. The van der Waals surface area contributed by atoms with Crippen molar-refractivity contribution in [3.05, 3.63) is 0 Å². The summed E-state index contributed by atoms with van der Waals surface area (Å²) in [6.45, 7) is 2.29. The second kappa shape index (κ2) is 7.88. The zero-order valence-electron chi connectivity index (χ0n) is 9.06. The van der Waals surface area contributed by atoms with E-state index in [2.05, 4.69) is 6.92 Å². The van der Waals surface area contributed by atoms with Gasteiger partial charge >= 0.3 is 89.8 Å². The van der Waals surface area contributed by atoms with Gasteiger partial charge in [-0.25, -0.2) is 0 Å². The summed E-state index contributed by atoms with van der Waals surface area (Å²) >= 11 is 1.03. The molecule has 0 aromatic rings. The Morgan fingerprint density at radius 1 is 1.08 bits per heavy atom. The first-order chi connectivity index (χ1) is 6.43. The molecule has 1 heterocycles. The van der Waals surface area contributed by atoms with Crippen LogP contribution in [0.2, 0.25) is 10.1 Å². The van der Waals surface area contributed by atoms with Crippen molar-refractivity contribution in [1.29, 1.82) is 0 Å². The molecule has 1 rings (SSSR count). The van der Waals surface area contributed by atoms with Crippen LogP contribution in [0.4, 0.5) is 0 Å². The molecule has 0 spiro atoms. The fourth-order valence-corrected chi connectivity index (χ4v) is 4.82. The molecule has 1 aliphatic rings. The fourth-order valence-electron chi connectivity index (χ4n) is 2.02. The molecule has 0 nitrogen and oxygen atoms in total. The van der Waals surface area contributed by atoms with E-state index in [9.17, 15) is 0 Å². The third-order valence-corrected chi connectivity index (χ3v) is 5.98. The van der Waals surface area contributed by atoms with Crippen LogP contribution in [0, 0.1) is 0 Å². The Bertz CT molecular complexity index is 106. The van der Waals surface area contributed by atoms with Crippen LogP contribution >= 0.6 is 0 Å². The molecule has 1 saturated heterocycles.